The summed E-state index contributed by atoms with van der Waals surface area (Å²) in [4.78, 5) is 4.37. The number of nitrogens with zero attached hydrogens (tertiary/aromatic N) is 1. The molecule has 3 aromatic rings. The van der Waals surface area contributed by atoms with Crippen LogP contribution in [0.1, 0.15) is 17.2 Å². The third-order valence-corrected chi connectivity index (χ3v) is 4.50. The Morgan fingerprint density at radius 3 is 2.80 bits per heavy atom. The maximum absolute atomic E-state index is 6.39. The lowest BCUT2D eigenvalue weighted by molar-refractivity contribution is 0.866. The lowest BCUT2D eigenvalue weighted by atomic mass is 9.98. The number of hydrogen-bond acceptors (Lipinski definition) is 2. The molecule has 1 heterocycles. The number of pyridine rings is 1. The molecule has 0 aliphatic heterocycles. The van der Waals surface area contributed by atoms with Crippen molar-refractivity contribution in [2.75, 3.05) is 0 Å². The molecule has 0 spiro atoms. The maximum Gasteiger partial charge on any atom is 0.0705 e. The zero-order chi connectivity index (χ0) is 14.1. The van der Waals surface area contributed by atoms with Gasteiger partial charge in [-0.1, -0.05) is 29.8 Å². The van der Waals surface area contributed by atoms with E-state index in [1.54, 1.807) is 6.20 Å². The fourth-order valence-corrected chi connectivity index (χ4v) is 3.06. The van der Waals surface area contributed by atoms with Crippen LogP contribution < -0.4 is 5.73 Å². The largest absolute Gasteiger partial charge is 0.320 e. The van der Waals surface area contributed by atoms with E-state index in [1.165, 1.54) is 0 Å². The van der Waals surface area contributed by atoms with Crippen LogP contribution >= 0.6 is 34.2 Å². The van der Waals surface area contributed by atoms with Gasteiger partial charge in [0.15, 0.2) is 0 Å². The molecule has 0 saturated heterocycles. The van der Waals surface area contributed by atoms with Gasteiger partial charge in [-0.25, -0.2) is 0 Å². The van der Waals surface area contributed by atoms with Crippen molar-refractivity contribution >= 4 is 45.1 Å². The second-order valence-corrected chi connectivity index (χ2v) is 6.20. The first-order valence-electron chi connectivity index (χ1n) is 6.20. The van der Waals surface area contributed by atoms with Crippen molar-refractivity contribution < 1.29 is 0 Å². The van der Waals surface area contributed by atoms with Crippen LogP contribution in [0, 0.1) is 3.57 Å². The zero-order valence-corrected chi connectivity index (χ0v) is 13.5. The standard InChI is InChI=1S/C16H12ClIN2/c17-12-5-6-14(18)13(9-12)16(19)11-4-3-10-2-1-7-20-15(10)8-11/h1-9,16H,19H2. The minimum absolute atomic E-state index is 0.202. The third-order valence-electron chi connectivity index (χ3n) is 3.28. The van der Waals surface area contributed by atoms with E-state index in [-0.39, 0.29) is 6.04 Å². The van der Waals surface area contributed by atoms with Crippen molar-refractivity contribution in [2.24, 2.45) is 5.73 Å². The number of fused-ring (bicyclic) bond motifs is 1. The summed E-state index contributed by atoms with van der Waals surface area (Å²) in [5.41, 5.74) is 9.42. The molecule has 0 saturated carbocycles. The molecule has 100 valence electrons. The van der Waals surface area contributed by atoms with Gasteiger partial charge < -0.3 is 5.73 Å². The smallest absolute Gasteiger partial charge is 0.0705 e. The average Bonchev–Trinajstić information content (AvgIpc) is 2.48. The van der Waals surface area contributed by atoms with E-state index < -0.39 is 0 Å². The first kappa shape index (κ1) is 13.8. The van der Waals surface area contributed by atoms with E-state index in [0.717, 1.165) is 25.6 Å². The Bertz CT molecular complexity index is 773. The van der Waals surface area contributed by atoms with Crippen molar-refractivity contribution in [3.63, 3.8) is 0 Å². The quantitative estimate of drug-likeness (QED) is 0.648. The van der Waals surface area contributed by atoms with E-state index in [4.69, 9.17) is 17.3 Å². The van der Waals surface area contributed by atoms with Crippen molar-refractivity contribution in [1.82, 2.24) is 4.98 Å². The molecule has 0 amide bonds. The van der Waals surface area contributed by atoms with Crippen molar-refractivity contribution in [3.8, 4) is 0 Å². The highest BCUT2D eigenvalue weighted by Crippen LogP contribution is 2.28. The van der Waals surface area contributed by atoms with Crippen LogP contribution in [0.4, 0.5) is 0 Å². The van der Waals surface area contributed by atoms with Gasteiger partial charge in [-0.2, -0.15) is 0 Å². The summed E-state index contributed by atoms with van der Waals surface area (Å²) >= 11 is 8.36. The van der Waals surface area contributed by atoms with Crippen LogP contribution in [0.15, 0.2) is 54.7 Å². The fourth-order valence-electron chi connectivity index (χ4n) is 2.21. The lowest BCUT2D eigenvalue weighted by Crippen LogP contribution is -2.13. The molecule has 3 rings (SSSR count). The van der Waals surface area contributed by atoms with Gasteiger partial charge in [-0.15, -0.1) is 0 Å². The number of hydrogen-bond donors (Lipinski definition) is 1. The Kier molecular flexibility index (Phi) is 3.92. The number of halogens is 2. The molecule has 2 N–H and O–H groups in total. The molecule has 0 fully saturated rings. The summed E-state index contributed by atoms with van der Waals surface area (Å²) in [6, 6.07) is 15.7. The minimum Gasteiger partial charge on any atom is -0.320 e. The summed E-state index contributed by atoms with van der Waals surface area (Å²) in [5, 5.41) is 1.82. The molecule has 0 aliphatic carbocycles. The molecule has 4 heteroatoms. The Balaban J connectivity index is 2.07. The lowest BCUT2D eigenvalue weighted by Gasteiger charge is -2.15. The molecule has 0 bridgehead atoms. The number of aromatic nitrogens is 1. The predicted octanol–water partition coefficient (Wildman–Crippen LogP) is 4.54. The topological polar surface area (TPSA) is 38.9 Å². The first-order chi connectivity index (χ1) is 9.65. The van der Waals surface area contributed by atoms with E-state index >= 15 is 0 Å². The van der Waals surface area contributed by atoms with Gasteiger partial charge in [0.2, 0.25) is 0 Å². The highest BCUT2D eigenvalue weighted by molar-refractivity contribution is 14.1. The third kappa shape index (κ3) is 2.66. The molecule has 1 atom stereocenters. The first-order valence-corrected chi connectivity index (χ1v) is 7.66. The molecule has 2 aromatic carbocycles. The number of rotatable bonds is 2. The monoisotopic (exact) mass is 394 g/mol. The summed E-state index contributed by atoms with van der Waals surface area (Å²) in [6.45, 7) is 0. The number of nitrogens with two attached hydrogens (primary N) is 1. The molecular weight excluding hydrogens is 383 g/mol. The SMILES string of the molecule is NC(c1ccc2cccnc2c1)c1cc(Cl)ccc1I. The summed E-state index contributed by atoms with van der Waals surface area (Å²) in [6.07, 6.45) is 1.79. The second kappa shape index (κ2) is 5.68. The van der Waals surface area contributed by atoms with E-state index in [9.17, 15) is 0 Å². The normalized spacial score (nSPS) is 12.6. The van der Waals surface area contributed by atoms with Crippen molar-refractivity contribution in [3.05, 3.63) is 74.4 Å². The number of benzene rings is 2. The van der Waals surface area contributed by atoms with Crippen molar-refractivity contribution in [1.29, 1.82) is 0 Å². The van der Waals surface area contributed by atoms with Gasteiger partial charge in [0.25, 0.3) is 0 Å². The maximum atomic E-state index is 6.39. The van der Waals surface area contributed by atoms with Crippen LogP contribution in [0.5, 0.6) is 0 Å². The van der Waals surface area contributed by atoms with Gasteiger partial charge in [-0.3, -0.25) is 4.98 Å². The van der Waals surface area contributed by atoms with E-state index in [0.29, 0.717) is 5.02 Å². The molecule has 2 nitrogen and oxygen atoms in total. The van der Waals surface area contributed by atoms with E-state index in [1.807, 2.05) is 42.5 Å². The highest BCUT2D eigenvalue weighted by atomic mass is 127. The molecule has 1 unspecified atom stereocenters. The van der Waals surface area contributed by atoms with Gasteiger partial charge in [0, 0.05) is 20.2 Å². The summed E-state index contributed by atoms with van der Waals surface area (Å²) < 4.78 is 1.11. The Morgan fingerprint density at radius 2 is 1.95 bits per heavy atom. The molecule has 0 radical (unpaired) electrons. The molecular formula is C16H12ClIN2. The average molecular weight is 395 g/mol. The van der Waals surface area contributed by atoms with Crippen molar-refractivity contribution in [2.45, 2.75) is 6.04 Å². The summed E-state index contributed by atoms with van der Waals surface area (Å²) in [7, 11) is 0. The Labute approximate surface area is 136 Å². The van der Waals surface area contributed by atoms with Gasteiger partial charge in [0.05, 0.1) is 11.6 Å². The van der Waals surface area contributed by atoms with Crippen LogP contribution in [-0.2, 0) is 0 Å². The Hall–Kier alpha value is -1.17. The van der Waals surface area contributed by atoms with Gasteiger partial charge in [0.1, 0.15) is 0 Å². The van der Waals surface area contributed by atoms with Crippen LogP contribution in [0.25, 0.3) is 10.9 Å². The van der Waals surface area contributed by atoms with Gasteiger partial charge >= 0.3 is 0 Å². The molecule has 1 aromatic heterocycles. The van der Waals surface area contributed by atoms with E-state index in [2.05, 4.69) is 33.6 Å². The Morgan fingerprint density at radius 1 is 1.10 bits per heavy atom. The second-order valence-electron chi connectivity index (χ2n) is 4.60. The highest BCUT2D eigenvalue weighted by Gasteiger charge is 2.13. The molecule has 0 aliphatic rings. The fraction of sp³-hybridized carbons (Fsp3) is 0.0625. The zero-order valence-electron chi connectivity index (χ0n) is 10.6. The summed E-state index contributed by atoms with van der Waals surface area (Å²) in [5.74, 6) is 0. The van der Waals surface area contributed by atoms with Crippen LogP contribution in [0.2, 0.25) is 5.02 Å². The van der Waals surface area contributed by atoms with Crippen LogP contribution in [0.3, 0.4) is 0 Å². The predicted molar refractivity (Wildman–Crippen MR) is 91.9 cm³/mol. The minimum atomic E-state index is -0.202. The molecule has 20 heavy (non-hydrogen) atoms. The van der Waals surface area contributed by atoms with Gasteiger partial charge in [-0.05, 0) is 64.0 Å². The van der Waals surface area contributed by atoms with Crippen LogP contribution in [-0.4, -0.2) is 4.98 Å².